The van der Waals surface area contributed by atoms with Crippen molar-refractivity contribution in [2.24, 2.45) is 5.73 Å². The molecular formula is C71H69Cl6FN12O19. The van der Waals surface area contributed by atoms with Crippen molar-refractivity contribution >= 4 is 175 Å². The van der Waals surface area contributed by atoms with Gasteiger partial charge in [-0.3, -0.25) is 9.80 Å². The third-order valence-electron chi connectivity index (χ3n) is 13.7. The summed E-state index contributed by atoms with van der Waals surface area (Å²) in [5.41, 5.74) is 10.5. The van der Waals surface area contributed by atoms with Crippen molar-refractivity contribution in [3.8, 4) is 0 Å². The minimum Gasteiger partial charge on any atom is -0.444 e. The molecule has 3 saturated heterocycles. The monoisotopic (exact) mass is 1620 g/mol. The molecule has 0 aromatic heterocycles. The number of aliphatic hydroxyl groups is 4. The zero-order valence-electron chi connectivity index (χ0n) is 58.9. The lowest BCUT2D eigenvalue weighted by Gasteiger charge is -2.22. The average molecular weight is 1630 g/mol. The van der Waals surface area contributed by atoms with Crippen LogP contribution in [0.1, 0.15) is 55.4 Å². The van der Waals surface area contributed by atoms with E-state index in [2.05, 4.69) is 39.7 Å². The van der Waals surface area contributed by atoms with Crippen LogP contribution in [-0.4, -0.2) is 151 Å². The molecule has 0 aliphatic carbocycles. The SMILES string of the molecule is C[C@H](O)CN.O=C=O.O=C=O.O=C=O.O=C=O.[C-]#[N+]c1ccc(F)cc1Cl.[C-]#[N+]c1ccc(N2C(=O)O[C@@H](C)[C@@H]2C)cc1Cl.[C-]#[N+]c1ccc(N2C(=O)O[C@@H](C)[C@@H]2CO)cc1Cl.[C-]#[N+]c1ccc(N2C(=O)O[C@@H](C)[C@@H]2OC)cc1Cl.[C-]#[N+]c1ccc(NC[C@H](C)O)cc1Cl.[C-]#[N+]c1ccc(N[C@@H](C)[C@H](C)O)cc1Cl. The van der Waals surface area contributed by atoms with Gasteiger partial charge in [-0.15, -0.1) is 0 Å². The Balaban J connectivity index is 0. The number of cyclic esters (lactones) is 3. The fourth-order valence-corrected chi connectivity index (χ4v) is 9.47. The Morgan fingerprint density at radius 1 is 0.495 bits per heavy atom. The smallest absolute Gasteiger partial charge is 0.416 e. The molecule has 6 aromatic rings. The number of nitrogens with two attached hydrogens (primary N) is 1. The highest BCUT2D eigenvalue weighted by atomic mass is 35.5. The van der Waals surface area contributed by atoms with E-state index < -0.39 is 42.5 Å². The van der Waals surface area contributed by atoms with E-state index in [1.807, 2.05) is 20.8 Å². The van der Waals surface area contributed by atoms with Crippen LogP contribution in [-0.2, 0) is 57.3 Å². The van der Waals surface area contributed by atoms with Gasteiger partial charge in [-0.05, 0) is 128 Å². The maximum atomic E-state index is 12.3. The van der Waals surface area contributed by atoms with Crippen LogP contribution in [0.3, 0.4) is 0 Å². The van der Waals surface area contributed by atoms with Crippen LogP contribution < -0.4 is 31.1 Å². The first-order valence-electron chi connectivity index (χ1n) is 30.6. The summed E-state index contributed by atoms with van der Waals surface area (Å²) >= 11 is 35.0. The number of carbonyl (C=O) groups is 3. The number of ether oxygens (including phenoxy) is 4. The molecule has 3 heterocycles. The Morgan fingerprint density at radius 3 is 1.13 bits per heavy atom. The van der Waals surface area contributed by atoms with Crippen molar-refractivity contribution in [1.82, 2.24) is 0 Å². The second-order valence-corrected chi connectivity index (χ2v) is 23.8. The summed E-state index contributed by atoms with van der Waals surface area (Å²) in [5.74, 6) is -0.419. The molecule has 6 aromatic carbocycles. The zero-order chi connectivity index (χ0) is 83.8. The van der Waals surface area contributed by atoms with E-state index in [1.54, 1.807) is 118 Å². The maximum Gasteiger partial charge on any atom is 0.416 e. The number of nitrogens with one attached hydrogen (secondary N) is 2. The number of halogens is 7. The number of rotatable bonds is 12. The molecule has 3 fully saturated rings. The molecular weight excluding hydrogens is 1560 g/mol. The van der Waals surface area contributed by atoms with Gasteiger partial charge in [0.15, 0.2) is 6.23 Å². The first kappa shape index (κ1) is 99.7. The van der Waals surface area contributed by atoms with Gasteiger partial charge in [0.05, 0.1) is 70.4 Å². The van der Waals surface area contributed by atoms with Crippen molar-refractivity contribution in [1.29, 1.82) is 0 Å². The number of hydrogen-bond acceptors (Lipinski definition) is 22. The van der Waals surface area contributed by atoms with Gasteiger partial charge in [-0.1, -0.05) is 106 Å². The topological polar surface area (TPSA) is 392 Å². The highest BCUT2D eigenvalue weighted by Crippen LogP contribution is 2.38. The third-order valence-corrected chi connectivity index (χ3v) is 15.5. The lowest BCUT2D eigenvalue weighted by atomic mass is 10.1. The molecule has 31 nitrogen and oxygen atoms in total. The Morgan fingerprint density at radius 2 is 0.807 bits per heavy atom. The molecule has 0 saturated carbocycles. The standard InChI is InChI=1S/2C12H11ClN2O3.C12H11ClN2O2.C11H13ClN2O.C10H11ClN2O.C7H3ClFN.C3H9NO.4CO2/c1-7-11(17-3)15(12(16)18-7)8-4-5-10(14-2)9(13)6-8;1-7-11(6-16)15(12(17)18-7)8-3-4-10(14-2)9(13)5-8;1-7-8(2)17-12(16)15(7)9-4-5-11(14-3)10(13)6-9;1-7(8(2)15)14-9-4-5-11(13-3)10(12)6-9;1-7(14)6-13-8-3-4-10(12-2)9(11)5-8;1-10-7-3-2-5(9)4-6(7)8;1-3(5)2-4;4*2-1-3/h4-7,11H,1,3H3;3-5,7,11,16H,6H2,1H3;4-8H,1-2H3;4-8,14-15H,1-2H3;3-5,7,13-14H,6H2,1H3;2-4H;3,5H,2,4H2,1H3;;;;/t2*7-,11-;2*7-,8-;7-;;3-;;;;/m00000.0..../s1. The number of aliphatic hydroxyl groups excluding tert-OH is 4. The molecule has 0 unspecified atom stereocenters. The van der Waals surface area contributed by atoms with Crippen LogP contribution in [0.25, 0.3) is 29.1 Å². The van der Waals surface area contributed by atoms with E-state index in [4.69, 9.17) is 182 Å². The zero-order valence-corrected chi connectivity index (χ0v) is 63.5. The molecule has 0 radical (unpaired) electrons. The van der Waals surface area contributed by atoms with Gasteiger partial charge in [-0.2, -0.15) is 38.4 Å². The lowest BCUT2D eigenvalue weighted by Crippen LogP contribution is -2.38. The second kappa shape index (κ2) is 54.2. The summed E-state index contributed by atoms with van der Waals surface area (Å²) in [5, 5.41) is 43.9. The maximum absolute atomic E-state index is 12.3. The van der Waals surface area contributed by atoms with Gasteiger partial charge < -0.3 is 55.7 Å². The van der Waals surface area contributed by atoms with E-state index >= 15 is 0 Å². The fraction of sp³-hybridized carbons (Fsp3) is 0.310. The largest absolute Gasteiger partial charge is 0.444 e. The predicted octanol–water partition coefficient (Wildman–Crippen LogP) is 15.2. The number of hydrogen-bond donors (Lipinski definition) is 7. The molecule has 109 heavy (non-hydrogen) atoms. The number of nitrogens with zero attached hydrogens (tertiary/aromatic N) is 9. The number of carbonyl (C=O) groups excluding carboxylic acids is 11. The first-order chi connectivity index (χ1) is 51.5. The Kier molecular flexibility index (Phi) is 49.6. The minimum atomic E-state index is -0.520. The average Bonchev–Trinajstić information content (AvgIpc) is 1.69. The third kappa shape index (κ3) is 34.8. The van der Waals surface area contributed by atoms with E-state index in [-0.39, 0.29) is 89.5 Å². The lowest BCUT2D eigenvalue weighted by molar-refractivity contribution is -0.193. The van der Waals surface area contributed by atoms with Crippen LogP contribution in [0, 0.1) is 45.3 Å². The van der Waals surface area contributed by atoms with Crippen molar-refractivity contribution < 1.29 is 96.5 Å². The predicted molar refractivity (Wildman–Crippen MR) is 398 cm³/mol. The Labute approximate surface area is 655 Å². The molecule has 576 valence electrons. The van der Waals surface area contributed by atoms with Crippen LogP contribution >= 0.6 is 69.6 Å². The molecule has 0 bridgehead atoms. The van der Waals surface area contributed by atoms with Crippen molar-refractivity contribution in [2.75, 3.05) is 52.1 Å². The summed E-state index contributed by atoms with van der Waals surface area (Å²) in [6, 6.07) is 27.7. The molecule has 9 rings (SSSR count). The highest BCUT2D eigenvalue weighted by Gasteiger charge is 2.42. The van der Waals surface area contributed by atoms with Crippen molar-refractivity contribution in [3.05, 3.63) is 214 Å². The van der Waals surface area contributed by atoms with Gasteiger partial charge in [-0.25, -0.2) is 52.7 Å². The van der Waals surface area contributed by atoms with Crippen LogP contribution in [0.5, 0.6) is 0 Å². The van der Waals surface area contributed by atoms with E-state index in [0.717, 1.165) is 17.4 Å². The van der Waals surface area contributed by atoms with E-state index in [9.17, 15) is 29.0 Å². The molecule has 8 N–H and O–H groups in total. The molecule has 3 aliphatic rings. The van der Waals surface area contributed by atoms with Crippen molar-refractivity contribution in [3.63, 3.8) is 0 Å². The van der Waals surface area contributed by atoms with Gasteiger partial charge in [0.25, 0.3) is 0 Å². The second-order valence-electron chi connectivity index (χ2n) is 21.3. The van der Waals surface area contributed by atoms with Crippen LogP contribution in [0.15, 0.2) is 109 Å². The number of anilines is 5. The quantitative estimate of drug-likeness (QED) is 0.0442. The number of benzene rings is 6. The van der Waals surface area contributed by atoms with Crippen LogP contribution in [0.4, 0.5) is 81.3 Å². The van der Waals surface area contributed by atoms with Gasteiger partial charge in [0, 0.05) is 84.8 Å². The summed E-state index contributed by atoms with van der Waals surface area (Å²) < 4.78 is 32.8. The van der Waals surface area contributed by atoms with Gasteiger partial charge in [0.1, 0.15) is 30.2 Å². The van der Waals surface area contributed by atoms with Gasteiger partial charge in [0.2, 0.25) is 34.1 Å². The molecule has 0 spiro atoms. The van der Waals surface area contributed by atoms with Crippen LogP contribution in [0.2, 0.25) is 30.1 Å². The molecule has 3 aliphatic heterocycles. The Hall–Kier alpha value is -11.4. The number of methoxy groups -OCH3 is 1. The Bertz CT molecular complexity index is 4240. The molecule has 38 heteroatoms. The van der Waals surface area contributed by atoms with Gasteiger partial charge >= 0.3 is 42.9 Å². The summed E-state index contributed by atoms with van der Waals surface area (Å²) in [4.78, 5) is 124. The summed E-state index contributed by atoms with van der Waals surface area (Å²) in [6.45, 7) is 55.8. The highest BCUT2D eigenvalue weighted by molar-refractivity contribution is 6.35. The molecule has 3 amide bonds. The normalized spacial score (nSPS) is 16.4. The van der Waals surface area contributed by atoms with E-state index in [0.29, 0.717) is 78.7 Å². The number of amides is 3. The van der Waals surface area contributed by atoms with Crippen molar-refractivity contribution in [2.45, 2.75) is 116 Å². The van der Waals surface area contributed by atoms with E-state index in [1.165, 1.54) is 41.2 Å². The molecule has 10 atom stereocenters. The minimum absolute atomic E-state index is 0.0441. The first-order valence-corrected chi connectivity index (χ1v) is 32.8. The summed E-state index contributed by atoms with van der Waals surface area (Å²) in [7, 11) is 1.51. The fourth-order valence-electron chi connectivity index (χ4n) is 8.16. The summed E-state index contributed by atoms with van der Waals surface area (Å²) in [6.07, 6.45) is -2.96.